The molecule has 0 amide bonds. The average molecular weight is 347 g/mol. The van der Waals surface area contributed by atoms with Crippen LogP contribution in [0.25, 0.3) is 0 Å². The van der Waals surface area contributed by atoms with Crippen LogP contribution in [0.4, 0.5) is 0 Å². The highest BCUT2D eigenvalue weighted by molar-refractivity contribution is 9.10. The van der Waals surface area contributed by atoms with Gasteiger partial charge in [0.2, 0.25) is 5.88 Å². The van der Waals surface area contributed by atoms with E-state index in [1.807, 2.05) is 0 Å². The first kappa shape index (κ1) is 15.1. The molecule has 3 nitrogen and oxygen atoms in total. The van der Waals surface area contributed by atoms with Gasteiger partial charge in [0.15, 0.2) is 4.75 Å². The molecule has 0 fully saturated rings. The SMILES string of the molecule is Cc1c(Br)cnc2c1C(O[S+](C)C(C)(C)C)CCO2. The molecule has 0 N–H and O–H groups in total. The lowest BCUT2D eigenvalue weighted by Gasteiger charge is -2.27. The molecule has 2 atom stereocenters. The van der Waals surface area contributed by atoms with Crippen molar-refractivity contribution in [3.05, 3.63) is 21.8 Å². The predicted octanol–water partition coefficient (Wildman–Crippen LogP) is 3.95. The molecule has 106 valence electrons. The Morgan fingerprint density at radius 2 is 2.16 bits per heavy atom. The molecule has 2 heterocycles. The van der Waals surface area contributed by atoms with Gasteiger partial charge in [-0.1, -0.05) is 0 Å². The molecule has 19 heavy (non-hydrogen) atoms. The fourth-order valence-electron chi connectivity index (χ4n) is 1.89. The highest BCUT2D eigenvalue weighted by atomic mass is 79.9. The number of rotatable bonds is 2. The van der Waals surface area contributed by atoms with E-state index in [1.165, 1.54) is 5.56 Å². The van der Waals surface area contributed by atoms with Gasteiger partial charge in [0.25, 0.3) is 0 Å². The lowest BCUT2D eigenvalue weighted by Crippen LogP contribution is -2.32. The van der Waals surface area contributed by atoms with Gasteiger partial charge in [0.1, 0.15) is 23.5 Å². The smallest absolute Gasteiger partial charge is 0.219 e. The zero-order chi connectivity index (χ0) is 14.2. The number of aromatic nitrogens is 1. The van der Waals surface area contributed by atoms with Crippen LogP contribution in [-0.2, 0) is 15.4 Å². The van der Waals surface area contributed by atoms with E-state index >= 15 is 0 Å². The number of nitrogens with zero attached hydrogens (tertiary/aromatic N) is 1. The molecule has 1 aromatic rings. The Bertz CT molecular complexity index is 473. The summed E-state index contributed by atoms with van der Waals surface area (Å²) in [6, 6.07) is 0. The van der Waals surface area contributed by atoms with Crippen LogP contribution in [0.3, 0.4) is 0 Å². The summed E-state index contributed by atoms with van der Waals surface area (Å²) in [5, 5.41) is 0. The maximum atomic E-state index is 6.30. The van der Waals surface area contributed by atoms with Gasteiger partial charge < -0.3 is 4.74 Å². The van der Waals surface area contributed by atoms with Crippen molar-refractivity contribution in [2.24, 2.45) is 0 Å². The Morgan fingerprint density at radius 3 is 2.79 bits per heavy atom. The summed E-state index contributed by atoms with van der Waals surface area (Å²) in [5.74, 6) is 0.725. The van der Waals surface area contributed by atoms with Crippen LogP contribution in [0, 0.1) is 6.92 Å². The molecule has 0 saturated carbocycles. The first-order valence-corrected chi connectivity index (χ1v) is 8.77. The van der Waals surface area contributed by atoms with Crippen molar-refractivity contribution in [2.45, 2.75) is 45.0 Å². The molecule has 0 aromatic carbocycles. The molecule has 1 aromatic heterocycles. The zero-order valence-corrected chi connectivity index (χ0v) is 14.5. The van der Waals surface area contributed by atoms with Crippen molar-refractivity contribution in [1.29, 1.82) is 0 Å². The van der Waals surface area contributed by atoms with E-state index < -0.39 is 0 Å². The molecule has 0 saturated heterocycles. The van der Waals surface area contributed by atoms with E-state index in [0.29, 0.717) is 6.61 Å². The van der Waals surface area contributed by atoms with Gasteiger partial charge in [-0.05, 0) is 49.2 Å². The summed E-state index contributed by atoms with van der Waals surface area (Å²) in [7, 11) is 0. The second kappa shape index (κ2) is 5.62. The molecular weight excluding hydrogens is 326 g/mol. The Balaban J connectivity index is 2.29. The molecular formula is C14H21BrNO2S+. The summed E-state index contributed by atoms with van der Waals surface area (Å²) < 4.78 is 13.1. The quantitative estimate of drug-likeness (QED) is 0.759. The monoisotopic (exact) mass is 346 g/mol. The largest absolute Gasteiger partial charge is 0.477 e. The minimum absolute atomic E-state index is 0.0845. The number of hydrogen-bond acceptors (Lipinski definition) is 3. The number of halogens is 1. The van der Waals surface area contributed by atoms with Crippen LogP contribution >= 0.6 is 15.9 Å². The van der Waals surface area contributed by atoms with Crippen LogP contribution in [0.15, 0.2) is 10.7 Å². The van der Waals surface area contributed by atoms with Gasteiger partial charge in [-0.15, -0.1) is 0 Å². The van der Waals surface area contributed by atoms with Gasteiger partial charge in [0, 0.05) is 17.1 Å². The number of ether oxygens (including phenoxy) is 1. The van der Waals surface area contributed by atoms with Gasteiger partial charge in [-0.25, -0.2) is 4.98 Å². The fraction of sp³-hybridized carbons (Fsp3) is 0.643. The minimum atomic E-state index is -0.106. The normalized spacial score (nSPS) is 20.6. The van der Waals surface area contributed by atoms with Crippen LogP contribution < -0.4 is 4.74 Å². The van der Waals surface area contributed by atoms with E-state index in [2.05, 4.69) is 54.9 Å². The van der Waals surface area contributed by atoms with Crippen molar-refractivity contribution in [1.82, 2.24) is 4.98 Å². The van der Waals surface area contributed by atoms with Crippen molar-refractivity contribution in [2.75, 3.05) is 12.9 Å². The lowest BCUT2D eigenvalue weighted by molar-refractivity contribution is 0.146. The molecule has 0 radical (unpaired) electrons. The zero-order valence-electron chi connectivity index (χ0n) is 12.1. The summed E-state index contributed by atoms with van der Waals surface area (Å²) in [5.41, 5.74) is 2.27. The third kappa shape index (κ3) is 3.26. The molecule has 1 aliphatic heterocycles. The van der Waals surface area contributed by atoms with Gasteiger partial charge >= 0.3 is 0 Å². The van der Waals surface area contributed by atoms with E-state index in [9.17, 15) is 0 Å². The molecule has 0 bridgehead atoms. The Morgan fingerprint density at radius 1 is 1.47 bits per heavy atom. The summed E-state index contributed by atoms with van der Waals surface area (Å²) >= 11 is 3.43. The van der Waals surface area contributed by atoms with Gasteiger partial charge in [-0.3, -0.25) is 0 Å². The molecule has 5 heteroatoms. The maximum Gasteiger partial charge on any atom is 0.219 e. The Hall–Kier alpha value is -0.260. The maximum absolute atomic E-state index is 6.30. The van der Waals surface area contributed by atoms with Crippen LogP contribution in [-0.4, -0.2) is 22.6 Å². The number of fused-ring (bicyclic) bond motifs is 1. The van der Waals surface area contributed by atoms with Crippen molar-refractivity contribution >= 4 is 27.1 Å². The minimum Gasteiger partial charge on any atom is -0.477 e. The number of hydrogen-bond donors (Lipinski definition) is 0. The molecule has 0 spiro atoms. The van der Waals surface area contributed by atoms with E-state index in [-0.39, 0.29) is 22.0 Å². The standard InChI is InChI=1S/C14H21BrNO2S/c1-9-10(15)8-16-13-12(9)11(6-7-17-13)18-19(5)14(2,3)4/h8,11H,6-7H2,1-5H3/q+1. The van der Waals surface area contributed by atoms with Crippen molar-refractivity contribution in [3.63, 3.8) is 0 Å². The first-order chi connectivity index (χ1) is 8.80. The van der Waals surface area contributed by atoms with Crippen molar-refractivity contribution in [3.8, 4) is 5.88 Å². The third-order valence-corrected chi connectivity index (χ3v) is 6.40. The summed E-state index contributed by atoms with van der Waals surface area (Å²) in [6.45, 7) is 9.39. The van der Waals surface area contributed by atoms with Crippen molar-refractivity contribution < 1.29 is 8.92 Å². The fourth-order valence-corrected chi connectivity index (χ4v) is 3.03. The summed E-state index contributed by atoms with van der Waals surface area (Å²) in [6.07, 6.45) is 4.93. The van der Waals surface area contributed by atoms with Gasteiger partial charge in [-0.2, -0.15) is 4.18 Å². The lowest BCUT2D eigenvalue weighted by atomic mass is 10.0. The van der Waals surface area contributed by atoms with E-state index in [4.69, 9.17) is 8.92 Å². The molecule has 2 rings (SSSR count). The highest BCUT2D eigenvalue weighted by Crippen LogP contribution is 2.40. The van der Waals surface area contributed by atoms with E-state index in [0.717, 1.165) is 22.3 Å². The molecule has 1 aliphatic rings. The van der Waals surface area contributed by atoms with E-state index in [1.54, 1.807) is 6.20 Å². The summed E-state index contributed by atoms with van der Waals surface area (Å²) in [4.78, 5) is 4.35. The third-order valence-electron chi connectivity index (χ3n) is 3.35. The highest BCUT2D eigenvalue weighted by Gasteiger charge is 2.38. The first-order valence-electron chi connectivity index (χ1n) is 6.41. The Kier molecular flexibility index (Phi) is 4.48. The predicted molar refractivity (Wildman–Crippen MR) is 83.7 cm³/mol. The Labute approximate surface area is 126 Å². The van der Waals surface area contributed by atoms with Gasteiger partial charge in [0.05, 0.1) is 12.2 Å². The number of pyridine rings is 1. The molecule has 2 unspecified atom stereocenters. The van der Waals surface area contributed by atoms with Crippen LogP contribution in [0.5, 0.6) is 5.88 Å². The van der Waals surface area contributed by atoms with Crippen LogP contribution in [0.1, 0.15) is 44.4 Å². The topological polar surface area (TPSA) is 31.4 Å². The average Bonchev–Trinajstić information content (AvgIpc) is 2.33. The van der Waals surface area contributed by atoms with Crippen LogP contribution in [0.2, 0.25) is 0 Å². The molecule has 0 aliphatic carbocycles. The second-order valence-corrected chi connectivity index (χ2v) is 8.92. The second-order valence-electron chi connectivity index (χ2n) is 5.74.